The van der Waals surface area contributed by atoms with Crippen LogP contribution in [0.3, 0.4) is 0 Å². The summed E-state index contributed by atoms with van der Waals surface area (Å²) >= 11 is 6.01. The molecule has 0 atom stereocenters. The van der Waals surface area contributed by atoms with Crippen LogP contribution in [0.2, 0.25) is 5.02 Å². The van der Waals surface area contributed by atoms with Gasteiger partial charge in [-0.2, -0.15) is 0 Å². The van der Waals surface area contributed by atoms with Crippen LogP contribution in [0.1, 0.15) is 23.2 Å². The van der Waals surface area contributed by atoms with E-state index in [1.165, 1.54) is 0 Å². The number of piperidine rings is 1. The van der Waals surface area contributed by atoms with Gasteiger partial charge in [-0.15, -0.1) is 0 Å². The number of oxime groups is 1. The Bertz CT molecular complexity index is 527. The summed E-state index contributed by atoms with van der Waals surface area (Å²) in [5.74, 6) is 0.0593. The van der Waals surface area contributed by atoms with Crippen LogP contribution >= 0.6 is 11.6 Å². The minimum absolute atomic E-state index is 0.123. The van der Waals surface area contributed by atoms with Gasteiger partial charge in [0.15, 0.2) is 5.84 Å². The fraction of sp³-hybridized carbons (Fsp3) is 0.429. The molecule has 1 aliphatic heterocycles. The van der Waals surface area contributed by atoms with Crippen molar-refractivity contribution in [3.8, 4) is 0 Å². The lowest BCUT2D eigenvalue weighted by Gasteiger charge is -2.31. The Labute approximate surface area is 128 Å². The third-order valence-electron chi connectivity index (χ3n) is 3.56. The van der Waals surface area contributed by atoms with E-state index in [0.29, 0.717) is 17.1 Å². The minimum atomic E-state index is -0.143. The molecule has 4 N–H and O–H groups in total. The van der Waals surface area contributed by atoms with Crippen molar-refractivity contribution in [2.24, 2.45) is 10.9 Å². The summed E-state index contributed by atoms with van der Waals surface area (Å²) in [6, 6.07) is 7.13. The number of nitrogens with zero attached hydrogens (tertiary/aromatic N) is 2. The predicted molar refractivity (Wildman–Crippen MR) is 81.8 cm³/mol. The van der Waals surface area contributed by atoms with Crippen LogP contribution < -0.4 is 11.1 Å². The largest absolute Gasteiger partial charge is 0.409 e. The summed E-state index contributed by atoms with van der Waals surface area (Å²) in [5.41, 5.74) is 5.98. The lowest BCUT2D eigenvalue weighted by atomic mass is 10.0. The second kappa shape index (κ2) is 7.28. The van der Waals surface area contributed by atoms with Gasteiger partial charge >= 0.3 is 0 Å². The second-order valence-corrected chi connectivity index (χ2v) is 5.50. The topological polar surface area (TPSA) is 91.0 Å². The van der Waals surface area contributed by atoms with E-state index >= 15 is 0 Å². The maximum atomic E-state index is 12.2. The van der Waals surface area contributed by atoms with Crippen molar-refractivity contribution < 1.29 is 10.0 Å². The summed E-state index contributed by atoms with van der Waals surface area (Å²) in [7, 11) is 0. The Hall–Kier alpha value is -1.79. The Morgan fingerprint density at radius 1 is 1.43 bits per heavy atom. The molecule has 1 aromatic rings. The van der Waals surface area contributed by atoms with Crippen molar-refractivity contribution >= 4 is 23.3 Å². The lowest BCUT2D eigenvalue weighted by Crippen LogP contribution is -2.46. The average Bonchev–Trinajstić information content (AvgIpc) is 2.49. The van der Waals surface area contributed by atoms with Gasteiger partial charge in [0.2, 0.25) is 0 Å². The molecule has 1 saturated heterocycles. The maximum absolute atomic E-state index is 12.2. The van der Waals surface area contributed by atoms with Gasteiger partial charge in [-0.3, -0.25) is 9.69 Å². The molecule has 21 heavy (non-hydrogen) atoms. The van der Waals surface area contributed by atoms with Crippen LogP contribution in [0.5, 0.6) is 0 Å². The molecule has 1 aromatic carbocycles. The fourth-order valence-electron chi connectivity index (χ4n) is 2.40. The molecule has 0 spiro atoms. The van der Waals surface area contributed by atoms with Gasteiger partial charge in [0.05, 0.1) is 17.1 Å². The van der Waals surface area contributed by atoms with E-state index in [1.54, 1.807) is 24.3 Å². The van der Waals surface area contributed by atoms with Gasteiger partial charge in [-0.1, -0.05) is 28.9 Å². The van der Waals surface area contributed by atoms with E-state index in [2.05, 4.69) is 15.4 Å². The van der Waals surface area contributed by atoms with Gasteiger partial charge in [0.1, 0.15) is 0 Å². The van der Waals surface area contributed by atoms with Gasteiger partial charge < -0.3 is 16.3 Å². The van der Waals surface area contributed by atoms with Crippen LogP contribution in [0, 0.1) is 0 Å². The smallest absolute Gasteiger partial charge is 0.253 e. The molecule has 0 radical (unpaired) electrons. The standard InChI is InChI=1S/C14H19ClN4O2/c15-12-4-2-1-3-11(12)14(20)17-10-5-7-19(8-6-10)9-13(16)18-21/h1-4,10,21H,5-9H2,(H2,16,18)(H,17,20). The predicted octanol–water partition coefficient (Wildman–Crippen LogP) is 1.28. The lowest BCUT2D eigenvalue weighted by molar-refractivity contribution is 0.0915. The summed E-state index contributed by atoms with van der Waals surface area (Å²) < 4.78 is 0. The van der Waals surface area contributed by atoms with Crippen molar-refractivity contribution in [1.82, 2.24) is 10.2 Å². The first-order valence-electron chi connectivity index (χ1n) is 6.84. The van der Waals surface area contributed by atoms with Gasteiger partial charge in [-0.05, 0) is 25.0 Å². The zero-order valence-corrected chi connectivity index (χ0v) is 12.4. The number of nitrogens with one attached hydrogen (secondary N) is 1. The number of rotatable bonds is 4. The molecule has 0 aromatic heterocycles. The Morgan fingerprint density at radius 3 is 2.71 bits per heavy atom. The number of benzene rings is 1. The molecule has 0 aliphatic carbocycles. The van der Waals surface area contributed by atoms with Gasteiger partial charge in [-0.25, -0.2) is 0 Å². The molecule has 6 nitrogen and oxygen atoms in total. The Balaban J connectivity index is 1.84. The number of carbonyl (C=O) groups is 1. The highest BCUT2D eigenvalue weighted by molar-refractivity contribution is 6.33. The zero-order valence-electron chi connectivity index (χ0n) is 11.6. The van der Waals surface area contributed by atoms with Crippen LogP contribution in [-0.2, 0) is 0 Å². The quantitative estimate of drug-likeness (QED) is 0.338. The summed E-state index contributed by atoms with van der Waals surface area (Å²) in [6.07, 6.45) is 1.66. The van der Waals surface area contributed by atoms with Crippen molar-refractivity contribution in [2.45, 2.75) is 18.9 Å². The summed E-state index contributed by atoms with van der Waals surface area (Å²) in [5, 5.41) is 15.0. The van der Waals surface area contributed by atoms with Crippen molar-refractivity contribution in [3.05, 3.63) is 34.9 Å². The molecule has 1 aliphatic rings. The molecule has 0 bridgehead atoms. The monoisotopic (exact) mass is 310 g/mol. The number of amides is 1. The molecule has 2 rings (SSSR count). The number of hydrogen-bond donors (Lipinski definition) is 3. The summed E-state index contributed by atoms with van der Waals surface area (Å²) in [4.78, 5) is 14.2. The van der Waals surface area contributed by atoms with E-state index in [1.807, 2.05) is 0 Å². The first-order chi connectivity index (χ1) is 10.1. The molecule has 7 heteroatoms. The number of likely N-dealkylation sites (tertiary alicyclic amines) is 1. The number of amidine groups is 1. The number of carbonyl (C=O) groups excluding carboxylic acids is 1. The first kappa shape index (κ1) is 15.6. The number of hydrogen-bond acceptors (Lipinski definition) is 4. The highest BCUT2D eigenvalue weighted by Crippen LogP contribution is 2.16. The first-order valence-corrected chi connectivity index (χ1v) is 7.22. The van der Waals surface area contributed by atoms with E-state index in [-0.39, 0.29) is 17.8 Å². The van der Waals surface area contributed by atoms with E-state index in [4.69, 9.17) is 22.5 Å². The van der Waals surface area contributed by atoms with E-state index in [9.17, 15) is 4.79 Å². The molecule has 1 fully saturated rings. The fourth-order valence-corrected chi connectivity index (χ4v) is 2.63. The van der Waals surface area contributed by atoms with Gasteiger partial charge in [0, 0.05) is 19.1 Å². The molecule has 0 unspecified atom stereocenters. The molecular formula is C14H19ClN4O2. The molecular weight excluding hydrogens is 292 g/mol. The molecule has 0 saturated carbocycles. The SMILES string of the molecule is NC(CN1CCC(NC(=O)c2ccccc2Cl)CC1)=NO. The zero-order chi connectivity index (χ0) is 15.2. The van der Waals surface area contributed by atoms with Gasteiger partial charge in [0.25, 0.3) is 5.91 Å². The van der Waals surface area contributed by atoms with Crippen LogP contribution in [0.15, 0.2) is 29.4 Å². The second-order valence-electron chi connectivity index (χ2n) is 5.10. The molecule has 1 amide bonds. The highest BCUT2D eigenvalue weighted by atomic mass is 35.5. The summed E-state index contributed by atoms with van der Waals surface area (Å²) in [6.45, 7) is 2.04. The Morgan fingerprint density at radius 2 is 2.10 bits per heavy atom. The van der Waals surface area contributed by atoms with Crippen LogP contribution in [0.25, 0.3) is 0 Å². The van der Waals surface area contributed by atoms with Crippen molar-refractivity contribution in [1.29, 1.82) is 0 Å². The van der Waals surface area contributed by atoms with E-state index < -0.39 is 0 Å². The molecule has 1 heterocycles. The van der Waals surface area contributed by atoms with Crippen molar-refractivity contribution in [2.75, 3.05) is 19.6 Å². The minimum Gasteiger partial charge on any atom is -0.409 e. The third kappa shape index (κ3) is 4.34. The maximum Gasteiger partial charge on any atom is 0.253 e. The highest BCUT2D eigenvalue weighted by Gasteiger charge is 2.22. The number of halogens is 1. The number of nitrogens with two attached hydrogens (primary N) is 1. The Kier molecular flexibility index (Phi) is 5.41. The van der Waals surface area contributed by atoms with Crippen molar-refractivity contribution in [3.63, 3.8) is 0 Å². The van der Waals surface area contributed by atoms with Crippen LogP contribution in [-0.4, -0.2) is 47.5 Å². The normalized spacial score (nSPS) is 17.7. The van der Waals surface area contributed by atoms with Crippen LogP contribution in [0.4, 0.5) is 0 Å². The molecule has 114 valence electrons. The average molecular weight is 311 g/mol. The van der Waals surface area contributed by atoms with E-state index in [0.717, 1.165) is 25.9 Å². The third-order valence-corrected chi connectivity index (χ3v) is 3.88.